The highest BCUT2D eigenvalue weighted by molar-refractivity contribution is 9.10. The summed E-state index contributed by atoms with van der Waals surface area (Å²) in [6.45, 7) is 0.339. The van der Waals surface area contributed by atoms with E-state index in [9.17, 15) is 4.79 Å². The van der Waals surface area contributed by atoms with Gasteiger partial charge in [0.15, 0.2) is 0 Å². The molecule has 8 heteroatoms. The number of amides is 1. The minimum atomic E-state index is -0.251. The van der Waals surface area contributed by atoms with Gasteiger partial charge in [-0.25, -0.2) is 4.68 Å². The monoisotopic (exact) mass is 313 g/mol. The van der Waals surface area contributed by atoms with E-state index < -0.39 is 0 Å². The van der Waals surface area contributed by atoms with Gasteiger partial charge in [-0.3, -0.25) is 9.48 Å². The van der Waals surface area contributed by atoms with Crippen LogP contribution < -0.4 is 5.32 Å². The Balaban J connectivity index is 2.11. The van der Waals surface area contributed by atoms with Crippen LogP contribution in [0.2, 0.25) is 0 Å². The van der Waals surface area contributed by atoms with Crippen LogP contribution in [0.15, 0.2) is 23.1 Å². The molecule has 0 aliphatic heterocycles. The molecule has 18 heavy (non-hydrogen) atoms. The summed E-state index contributed by atoms with van der Waals surface area (Å²) in [5.41, 5.74) is 1.06. The topological polar surface area (TPSA) is 74.0 Å². The first-order valence-corrected chi connectivity index (χ1v) is 5.91. The number of aromatic nitrogens is 4. The molecule has 0 aliphatic rings. The van der Waals surface area contributed by atoms with E-state index in [1.54, 1.807) is 37.4 Å². The molecular weight excluding hydrogens is 302 g/mol. The van der Waals surface area contributed by atoms with Crippen LogP contribution >= 0.6 is 15.9 Å². The number of anilines is 1. The molecule has 0 unspecified atom stereocenters. The van der Waals surface area contributed by atoms with Crippen molar-refractivity contribution in [1.82, 2.24) is 19.6 Å². The van der Waals surface area contributed by atoms with E-state index in [-0.39, 0.29) is 5.91 Å². The fourth-order valence-electron chi connectivity index (χ4n) is 1.49. The molecule has 1 amide bonds. The van der Waals surface area contributed by atoms with Crippen LogP contribution in [-0.4, -0.2) is 32.6 Å². The van der Waals surface area contributed by atoms with E-state index in [1.807, 2.05) is 0 Å². The van der Waals surface area contributed by atoms with E-state index in [1.165, 1.54) is 4.68 Å². The van der Waals surface area contributed by atoms with Gasteiger partial charge in [-0.05, 0) is 15.9 Å². The maximum atomic E-state index is 12.0. The lowest BCUT2D eigenvalue weighted by molar-refractivity contribution is 0.101. The van der Waals surface area contributed by atoms with Crippen LogP contribution in [0.3, 0.4) is 0 Å². The summed E-state index contributed by atoms with van der Waals surface area (Å²) in [6, 6.07) is 0. The molecule has 7 nitrogen and oxygen atoms in total. The average molecular weight is 314 g/mol. The Morgan fingerprint density at radius 1 is 1.50 bits per heavy atom. The summed E-state index contributed by atoms with van der Waals surface area (Å²) in [5, 5.41) is 10.7. The van der Waals surface area contributed by atoms with Crippen LogP contribution in [-0.2, 0) is 18.5 Å². The van der Waals surface area contributed by atoms with Crippen LogP contribution in [0.5, 0.6) is 0 Å². The number of nitrogens with zero attached hydrogens (tertiary/aromatic N) is 4. The van der Waals surface area contributed by atoms with E-state index in [0.29, 0.717) is 22.6 Å². The summed E-state index contributed by atoms with van der Waals surface area (Å²) in [5.74, 6) is -0.251. The highest BCUT2D eigenvalue weighted by Crippen LogP contribution is 2.16. The molecule has 2 rings (SSSR count). The molecule has 0 saturated heterocycles. The van der Waals surface area contributed by atoms with Gasteiger partial charge < -0.3 is 10.1 Å². The normalized spacial score (nSPS) is 10.6. The summed E-state index contributed by atoms with van der Waals surface area (Å²) in [7, 11) is 3.28. The number of halogens is 1. The molecule has 0 atom stereocenters. The highest BCUT2D eigenvalue weighted by Gasteiger charge is 2.15. The number of methoxy groups -OCH3 is 1. The van der Waals surface area contributed by atoms with Crippen LogP contribution in [0, 0.1) is 0 Å². The van der Waals surface area contributed by atoms with Crippen molar-refractivity contribution in [1.29, 1.82) is 0 Å². The number of ether oxygens (including phenoxy) is 1. The molecule has 0 fully saturated rings. The quantitative estimate of drug-likeness (QED) is 0.921. The van der Waals surface area contributed by atoms with Gasteiger partial charge in [-0.2, -0.15) is 10.2 Å². The van der Waals surface area contributed by atoms with Gasteiger partial charge in [0, 0.05) is 14.2 Å². The van der Waals surface area contributed by atoms with Gasteiger partial charge in [-0.15, -0.1) is 0 Å². The third-order valence-corrected chi connectivity index (χ3v) is 2.84. The highest BCUT2D eigenvalue weighted by atomic mass is 79.9. The lowest BCUT2D eigenvalue weighted by Crippen LogP contribution is -2.16. The van der Waals surface area contributed by atoms with Gasteiger partial charge in [0.2, 0.25) is 0 Å². The van der Waals surface area contributed by atoms with Crippen molar-refractivity contribution in [2.75, 3.05) is 12.4 Å². The minimum Gasteiger partial charge on any atom is -0.362 e. The van der Waals surface area contributed by atoms with E-state index in [4.69, 9.17) is 4.74 Å². The number of hydrogen-bond donors (Lipinski definition) is 1. The van der Waals surface area contributed by atoms with Gasteiger partial charge in [0.1, 0.15) is 12.4 Å². The second-order valence-corrected chi connectivity index (χ2v) is 4.46. The number of carbonyl (C=O) groups excluding carboxylic acids is 1. The Kier molecular flexibility index (Phi) is 3.78. The standard InChI is InChI=1S/C10H12BrN5O2/c1-15-9(8(11)4-12-15)10(17)14-7-3-13-16(5-7)6-18-2/h3-5H,6H2,1-2H3,(H,14,17). The average Bonchev–Trinajstić information content (AvgIpc) is 2.87. The SMILES string of the molecule is COCn1cc(NC(=O)c2c(Br)cnn2C)cn1. The predicted molar refractivity (Wildman–Crippen MR) is 68.1 cm³/mol. The maximum absolute atomic E-state index is 12.0. The third-order valence-electron chi connectivity index (χ3n) is 2.26. The maximum Gasteiger partial charge on any atom is 0.275 e. The first kappa shape index (κ1) is 12.8. The van der Waals surface area contributed by atoms with Crippen molar-refractivity contribution in [2.45, 2.75) is 6.73 Å². The van der Waals surface area contributed by atoms with Crippen molar-refractivity contribution in [2.24, 2.45) is 7.05 Å². The zero-order valence-corrected chi connectivity index (χ0v) is 11.5. The Morgan fingerprint density at radius 3 is 2.89 bits per heavy atom. The molecule has 0 spiro atoms. The second kappa shape index (κ2) is 5.32. The van der Waals surface area contributed by atoms with Gasteiger partial charge in [-0.1, -0.05) is 0 Å². The molecule has 2 aromatic heterocycles. The second-order valence-electron chi connectivity index (χ2n) is 3.61. The summed E-state index contributed by atoms with van der Waals surface area (Å²) >= 11 is 3.28. The smallest absolute Gasteiger partial charge is 0.275 e. The molecule has 0 aromatic carbocycles. The van der Waals surface area contributed by atoms with Gasteiger partial charge in [0.25, 0.3) is 5.91 Å². The number of rotatable bonds is 4. The number of hydrogen-bond acceptors (Lipinski definition) is 4. The summed E-state index contributed by atoms with van der Waals surface area (Å²) in [4.78, 5) is 12.0. The molecule has 96 valence electrons. The third kappa shape index (κ3) is 2.59. The first-order chi connectivity index (χ1) is 8.61. The fourth-order valence-corrected chi connectivity index (χ4v) is 2.02. The van der Waals surface area contributed by atoms with E-state index in [0.717, 1.165) is 0 Å². The molecule has 0 bridgehead atoms. The van der Waals surface area contributed by atoms with Crippen LogP contribution in [0.4, 0.5) is 5.69 Å². The lowest BCUT2D eigenvalue weighted by Gasteiger charge is -2.03. The largest absolute Gasteiger partial charge is 0.362 e. The van der Waals surface area contributed by atoms with Crippen LogP contribution in [0.25, 0.3) is 0 Å². The lowest BCUT2D eigenvalue weighted by atomic mass is 10.4. The Hall–Kier alpha value is -1.67. The number of nitrogens with one attached hydrogen (secondary N) is 1. The van der Waals surface area contributed by atoms with Gasteiger partial charge >= 0.3 is 0 Å². The van der Waals surface area contributed by atoms with Crippen molar-refractivity contribution >= 4 is 27.5 Å². The van der Waals surface area contributed by atoms with Crippen molar-refractivity contribution < 1.29 is 9.53 Å². The first-order valence-electron chi connectivity index (χ1n) is 5.12. The Morgan fingerprint density at radius 2 is 2.28 bits per heavy atom. The molecule has 2 aromatic rings. The summed E-state index contributed by atoms with van der Waals surface area (Å²) < 4.78 is 8.64. The van der Waals surface area contributed by atoms with Crippen molar-refractivity contribution in [3.63, 3.8) is 0 Å². The van der Waals surface area contributed by atoms with Crippen molar-refractivity contribution in [3.8, 4) is 0 Å². The van der Waals surface area contributed by atoms with Crippen molar-refractivity contribution in [3.05, 3.63) is 28.8 Å². The molecule has 0 radical (unpaired) electrons. The number of carbonyl (C=O) groups is 1. The molecule has 1 N–H and O–H groups in total. The fraction of sp³-hybridized carbons (Fsp3) is 0.300. The molecular formula is C10H12BrN5O2. The predicted octanol–water partition coefficient (Wildman–Crippen LogP) is 1.24. The molecule has 0 saturated carbocycles. The van der Waals surface area contributed by atoms with E-state index >= 15 is 0 Å². The minimum absolute atomic E-state index is 0.251. The summed E-state index contributed by atoms with van der Waals surface area (Å²) in [6.07, 6.45) is 4.82. The molecule has 2 heterocycles. The Labute approximate surface area is 112 Å². The zero-order valence-electron chi connectivity index (χ0n) is 9.92. The number of aryl methyl sites for hydroxylation is 1. The van der Waals surface area contributed by atoms with Crippen LogP contribution in [0.1, 0.15) is 10.5 Å². The van der Waals surface area contributed by atoms with Gasteiger partial charge in [0.05, 0.1) is 28.8 Å². The van der Waals surface area contributed by atoms with E-state index in [2.05, 4.69) is 31.4 Å². The molecule has 0 aliphatic carbocycles. The Bertz CT molecular complexity index is 543. The zero-order chi connectivity index (χ0) is 13.1.